The zero-order valence-corrected chi connectivity index (χ0v) is 55.0. The van der Waals surface area contributed by atoms with Crippen molar-refractivity contribution in [1.82, 2.24) is 5.32 Å². The molecule has 2 fully saturated rings. The molecule has 0 radical (unpaired) electrons. The molecule has 0 bridgehead atoms. The number of allylic oxidation sites excluding steroid dienone is 11. The minimum Gasteiger partial charge on any atom is -0.394 e. The van der Waals surface area contributed by atoms with Crippen LogP contribution in [0.25, 0.3) is 0 Å². The van der Waals surface area contributed by atoms with E-state index in [0.717, 1.165) is 64.2 Å². The second-order valence-corrected chi connectivity index (χ2v) is 25.0. The van der Waals surface area contributed by atoms with Gasteiger partial charge in [0.1, 0.15) is 48.8 Å². The molecular weight excluding hydrogens is 1100 g/mol. The zero-order valence-electron chi connectivity index (χ0n) is 55.0. The van der Waals surface area contributed by atoms with E-state index in [1.165, 1.54) is 193 Å². The number of carbonyl (C=O) groups is 1. The van der Waals surface area contributed by atoms with Gasteiger partial charge in [0, 0.05) is 6.42 Å². The smallest absolute Gasteiger partial charge is 0.220 e. The molecule has 0 aromatic heterocycles. The lowest BCUT2D eigenvalue weighted by Gasteiger charge is -2.46. The number of nitrogens with one attached hydrogen (secondary N) is 1. The molecule has 0 aromatic rings. The Morgan fingerprint density at radius 1 is 0.414 bits per heavy atom. The molecule has 0 saturated carbocycles. The molecule has 2 heterocycles. The quantitative estimate of drug-likeness (QED) is 0.0204. The molecule has 12 unspecified atom stereocenters. The largest absolute Gasteiger partial charge is 0.394 e. The van der Waals surface area contributed by atoms with Gasteiger partial charge in [-0.05, 0) is 83.5 Å². The van der Waals surface area contributed by atoms with E-state index in [-0.39, 0.29) is 18.9 Å². The van der Waals surface area contributed by atoms with E-state index in [2.05, 4.69) is 79.9 Å². The van der Waals surface area contributed by atoms with Crippen molar-refractivity contribution in [3.05, 3.63) is 72.9 Å². The van der Waals surface area contributed by atoms with Crippen LogP contribution in [0.4, 0.5) is 0 Å². The molecule has 2 aliphatic rings. The Bertz CT molecular complexity index is 1740. The van der Waals surface area contributed by atoms with Gasteiger partial charge in [-0.25, -0.2) is 0 Å². The summed E-state index contributed by atoms with van der Waals surface area (Å²) >= 11 is 0. The van der Waals surface area contributed by atoms with E-state index in [9.17, 15) is 45.6 Å². The molecule has 2 rings (SSSR count). The highest BCUT2D eigenvalue weighted by Crippen LogP contribution is 2.30. The fourth-order valence-corrected chi connectivity index (χ4v) is 11.4. The van der Waals surface area contributed by atoms with Gasteiger partial charge < -0.3 is 65.1 Å². The number of carbonyl (C=O) groups excluding carboxylic acids is 1. The molecule has 9 N–H and O–H groups in total. The summed E-state index contributed by atoms with van der Waals surface area (Å²) in [5.41, 5.74) is 0. The first kappa shape index (κ1) is 80.5. The molecule has 2 aliphatic heterocycles. The topological polar surface area (TPSA) is 228 Å². The number of ether oxygens (including phenoxy) is 4. The number of hydrogen-bond donors (Lipinski definition) is 9. The molecular formula is C73H131NO13. The van der Waals surface area contributed by atoms with Crippen LogP contribution in [0.5, 0.6) is 0 Å². The van der Waals surface area contributed by atoms with Crippen LogP contribution in [0.15, 0.2) is 72.9 Å². The average Bonchev–Trinajstić information content (AvgIpc) is 2.58. The SMILES string of the molecule is CCCCCCC/C=C\C/C=C\C/C=C\CCCCCCCCCCCCCCC(=O)NC(COC1OC(CO)C(OC2OC(CO)C(O)C(O)C2O)C(O)C1O)C(O)/C=C/CC/C=C/CC/C=C/CCCCCCCCCCCCCCCCCC. The Morgan fingerprint density at radius 2 is 0.770 bits per heavy atom. The summed E-state index contributed by atoms with van der Waals surface area (Å²) < 4.78 is 22.8. The minimum absolute atomic E-state index is 0.255. The predicted octanol–water partition coefficient (Wildman–Crippen LogP) is 14.6. The van der Waals surface area contributed by atoms with Crippen molar-refractivity contribution < 1.29 is 64.6 Å². The number of hydrogen-bond acceptors (Lipinski definition) is 13. The van der Waals surface area contributed by atoms with Gasteiger partial charge in [0.25, 0.3) is 0 Å². The maximum atomic E-state index is 13.3. The van der Waals surface area contributed by atoms with Crippen molar-refractivity contribution in [3.8, 4) is 0 Å². The van der Waals surface area contributed by atoms with Crippen LogP contribution in [0.2, 0.25) is 0 Å². The molecule has 87 heavy (non-hydrogen) atoms. The van der Waals surface area contributed by atoms with Crippen LogP contribution in [-0.2, 0) is 23.7 Å². The Hall–Kier alpha value is -2.57. The van der Waals surface area contributed by atoms with Crippen molar-refractivity contribution in [2.45, 2.75) is 364 Å². The number of rotatable bonds is 58. The van der Waals surface area contributed by atoms with Crippen LogP contribution in [0.3, 0.4) is 0 Å². The third-order valence-corrected chi connectivity index (χ3v) is 17.1. The Balaban J connectivity index is 1.71. The normalized spacial score (nSPS) is 23.7. The standard InChI is InChI=1S/C73H131NO13/c1-3-5-7-9-11-13-15-17-19-21-23-25-27-29-31-33-35-37-39-41-43-45-47-49-51-53-55-57-65(78)74-61(60-84-72-70(83)68(81)71(64(59-76)86-72)87-73-69(82)67(80)66(79)63(58-75)85-73)62(77)56-54-52-50-48-46-44-42-40-38-36-34-32-30-28-26-24-22-20-18-16-14-12-10-8-6-4-2/h15,17,21,23,27,29,38,40,46,48,54,56,61-64,66-73,75-77,79-83H,3-14,16,18-20,22,24-26,28,30-37,39,41-45,47,49-53,55,57-60H2,1-2H3,(H,74,78)/b17-15-,23-21-,29-27-,40-38+,48-46+,56-54+. The fourth-order valence-electron chi connectivity index (χ4n) is 11.4. The average molecular weight is 1230 g/mol. The molecule has 12 atom stereocenters. The van der Waals surface area contributed by atoms with E-state index in [1.807, 2.05) is 6.08 Å². The first-order valence-electron chi connectivity index (χ1n) is 35.7. The van der Waals surface area contributed by atoms with E-state index >= 15 is 0 Å². The van der Waals surface area contributed by atoms with Gasteiger partial charge in [-0.1, -0.05) is 273 Å². The Labute approximate surface area is 529 Å². The highest BCUT2D eigenvalue weighted by Gasteiger charge is 2.51. The van der Waals surface area contributed by atoms with Crippen molar-refractivity contribution in [1.29, 1.82) is 0 Å². The summed E-state index contributed by atoms with van der Waals surface area (Å²) in [4.78, 5) is 13.3. The van der Waals surface area contributed by atoms with Gasteiger partial charge in [-0.2, -0.15) is 0 Å². The lowest BCUT2D eigenvalue weighted by Crippen LogP contribution is -2.65. The number of amides is 1. The maximum absolute atomic E-state index is 13.3. The predicted molar refractivity (Wildman–Crippen MR) is 355 cm³/mol. The zero-order chi connectivity index (χ0) is 63.1. The molecule has 0 aliphatic carbocycles. The van der Waals surface area contributed by atoms with E-state index in [4.69, 9.17) is 18.9 Å². The lowest BCUT2D eigenvalue weighted by molar-refractivity contribution is -0.359. The van der Waals surface area contributed by atoms with Crippen LogP contribution in [-0.4, -0.2) is 140 Å². The van der Waals surface area contributed by atoms with Gasteiger partial charge >= 0.3 is 0 Å². The summed E-state index contributed by atoms with van der Waals surface area (Å²) in [6.45, 7) is 2.79. The highest BCUT2D eigenvalue weighted by atomic mass is 16.7. The third kappa shape index (κ3) is 41.5. The first-order valence-corrected chi connectivity index (χ1v) is 35.7. The van der Waals surface area contributed by atoms with Gasteiger partial charge in [0.05, 0.1) is 32.0 Å². The fraction of sp³-hybridized carbons (Fsp3) is 0.822. The third-order valence-electron chi connectivity index (χ3n) is 17.1. The summed E-state index contributed by atoms with van der Waals surface area (Å²) in [7, 11) is 0. The van der Waals surface area contributed by atoms with Crippen molar-refractivity contribution in [2.75, 3.05) is 19.8 Å². The van der Waals surface area contributed by atoms with Gasteiger partial charge in [0.15, 0.2) is 12.6 Å². The Kier molecular flexibility index (Phi) is 53.1. The second kappa shape index (κ2) is 57.3. The van der Waals surface area contributed by atoms with Crippen LogP contribution in [0, 0.1) is 0 Å². The number of aliphatic hydroxyl groups is 8. The van der Waals surface area contributed by atoms with E-state index in [1.54, 1.807) is 6.08 Å². The Morgan fingerprint density at radius 3 is 1.21 bits per heavy atom. The molecule has 14 nitrogen and oxygen atoms in total. The molecule has 506 valence electrons. The number of aliphatic hydroxyl groups excluding tert-OH is 8. The molecule has 14 heteroatoms. The summed E-state index contributed by atoms with van der Waals surface area (Å²) in [6, 6.07) is -0.944. The maximum Gasteiger partial charge on any atom is 0.220 e. The van der Waals surface area contributed by atoms with E-state index in [0.29, 0.717) is 12.8 Å². The highest BCUT2D eigenvalue weighted by molar-refractivity contribution is 5.76. The monoisotopic (exact) mass is 1230 g/mol. The van der Waals surface area contributed by atoms with Gasteiger partial charge in [-0.3, -0.25) is 4.79 Å². The number of unbranched alkanes of at least 4 members (excludes halogenated alkanes) is 35. The summed E-state index contributed by atoms with van der Waals surface area (Å²) in [5, 5.41) is 87.4. The van der Waals surface area contributed by atoms with Crippen LogP contribution in [0.1, 0.15) is 290 Å². The summed E-state index contributed by atoms with van der Waals surface area (Å²) in [5.74, 6) is -0.255. The minimum atomic E-state index is -1.80. The van der Waals surface area contributed by atoms with Crippen molar-refractivity contribution in [3.63, 3.8) is 0 Å². The first-order chi connectivity index (χ1) is 42.6. The van der Waals surface area contributed by atoms with Gasteiger partial charge in [0.2, 0.25) is 5.91 Å². The van der Waals surface area contributed by atoms with Crippen LogP contribution < -0.4 is 5.32 Å². The lowest BCUT2D eigenvalue weighted by atomic mass is 9.97. The molecule has 0 spiro atoms. The summed E-state index contributed by atoms with van der Waals surface area (Å²) in [6.07, 6.45) is 61.0. The van der Waals surface area contributed by atoms with Crippen molar-refractivity contribution in [2.24, 2.45) is 0 Å². The van der Waals surface area contributed by atoms with Crippen molar-refractivity contribution >= 4 is 5.91 Å². The van der Waals surface area contributed by atoms with Crippen LogP contribution >= 0.6 is 0 Å². The molecule has 0 aromatic carbocycles. The second-order valence-electron chi connectivity index (χ2n) is 25.0. The van der Waals surface area contributed by atoms with Gasteiger partial charge in [-0.15, -0.1) is 0 Å². The molecule has 1 amide bonds. The molecule has 2 saturated heterocycles. The van der Waals surface area contributed by atoms with E-state index < -0.39 is 86.8 Å².